The van der Waals surface area contributed by atoms with Crippen molar-refractivity contribution in [1.29, 1.82) is 0 Å². The van der Waals surface area contributed by atoms with Gasteiger partial charge in [0.15, 0.2) is 16.3 Å². The van der Waals surface area contributed by atoms with Gasteiger partial charge in [-0.15, -0.1) is 0 Å². The lowest BCUT2D eigenvalue weighted by Crippen LogP contribution is -2.40. The summed E-state index contributed by atoms with van der Waals surface area (Å²) in [7, 11) is 0. The van der Waals surface area contributed by atoms with Crippen LogP contribution in [-0.2, 0) is 14.3 Å². The smallest absolute Gasteiger partial charge is 0.338 e. The third kappa shape index (κ3) is 6.52. The van der Waals surface area contributed by atoms with Gasteiger partial charge in [-0.2, -0.15) is 0 Å². The van der Waals surface area contributed by atoms with Crippen molar-refractivity contribution in [3.05, 3.63) is 95.6 Å². The Morgan fingerprint density at radius 1 is 1.10 bits per heavy atom. The van der Waals surface area contributed by atoms with Crippen LogP contribution in [-0.4, -0.2) is 36.3 Å². The second-order valence-electron chi connectivity index (χ2n) is 8.82. The molecule has 214 valence electrons. The van der Waals surface area contributed by atoms with Gasteiger partial charge >= 0.3 is 11.9 Å². The molecule has 1 aliphatic rings. The van der Waals surface area contributed by atoms with Gasteiger partial charge in [0.05, 0.1) is 39.5 Å². The summed E-state index contributed by atoms with van der Waals surface area (Å²) in [6.45, 7) is 11.2. The minimum atomic E-state index is -0.807. The fourth-order valence-electron chi connectivity index (χ4n) is 4.33. The van der Waals surface area contributed by atoms with E-state index in [-0.39, 0.29) is 17.7 Å². The Kier molecular flexibility index (Phi) is 9.61. The highest BCUT2D eigenvalue weighted by molar-refractivity contribution is 9.10. The van der Waals surface area contributed by atoms with E-state index in [1.807, 2.05) is 6.92 Å². The van der Waals surface area contributed by atoms with Crippen LogP contribution in [0.15, 0.2) is 74.6 Å². The van der Waals surface area contributed by atoms with Crippen LogP contribution in [0, 0.1) is 0 Å². The van der Waals surface area contributed by atoms with Crippen molar-refractivity contribution in [1.82, 2.24) is 4.57 Å². The molecule has 41 heavy (non-hydrogen) atoms. The average molecular weight is 642 g/mol. The largest absolute Gasteiger partial charge is 0.490 e. The molecule has 0 saturated heterocycles. The normalized spacial score (nSPS) is 14.7. The number of rotatable bonds is 10. The second-order valence-corrected chi connectivity index (χ2v) is 10.7. The minimum absolute atomic E-state index is 0.170. The molecule has 1 aromatic heterocycles. The molecule has 3 aromatic rings. The molecule has 0 fully saturated rings. The summed E-state index contributed by atoms with van der Waals surface area (Å²) in [5, 5.41) is 0. The zero-order valence-corrected chi connectivity index (χ0v) is 25.5. The summed E-state index contributed by atoms with van der Waals surface area (Å²) in [5.41, 5.74) is 1.75. The van der Waals surface area contributed by atoms with Crippen molar-refractivity contribution in [3.8, 4) is 17.2 Å². The van der Waals surface area contributed by atoms with E-state index in [1.54, 1.807) is 62.4 Å². The van der Waals surface area contributed by atoms with E-state index < -0.39 is 18.0 Å². The Labute approximate surface area is 249 Å². The Hall–Kier alpha value is -3.96. The number of hydrogen-bond acceptors (Lipinski definition) is 9. The number of thiazole rings is 1. The summed E-state index contributed by atoms with van der Waals surface area (Å²) in [6, 6.07) is 9.64. The van der Waals surface area contributed by atoms with E-state index in [0.29, 0.717) is 61.1 Å². The summed E-state index contributed by atoms with van der Waals surface area (Å²) in [4.78, 5) is 43.5. The molecule has 0 amide bonds. The number of ether oxygens (including phenoxy) is 4. The van der Waals surface area contributed by atoms with Gasteiger partial charge < -0.3 is 18.9 Å². The van der Waals surface area contributed by atoms with Gasteiger partial charge in [0.25, 0.3) is 5.56 Å². The number of carbonyl (C=O) groups excluding carboxylic acids is 2. The molecule has 4 rings (SSSR count). The molecular weight excluding hydrogens is 612 g/mol. The van der Waals surface area contributed by atoms with Crippen molar-refractivity contribution in [2.75, 3.05) is 19.8 Å². The second kappa shape index (κ2) is 13.1. The number of hydrogen-bond donors (Lipinski definition) is 0. The summed E-state index contributed by atoms with van der Waals surface area (Å²) >= 11 is 4.62. The number of nitrogens with zero attached hydrogens (tertiary/aromatic N) is 2. The molecule has 1 atom stereocenters. The monoisotopic (exact) mass is 640 g/mol. The predicted octanol–water partition coefficient (Wildman–Crippen LogP) is 4.45. The molecule has 0 unspecified atom stereocenters. The van der Waals surface area contributed by atoms with E-state index in [9.17, 15) is 14.4 Å². The van der Waals surface area contributed by atoms with Crippen LogP contribution in [0.4, 0.5) is 0 Å². The third-order valence-corrected chi connectivity index (χ3v) is 7.57. The first-order valence-corrected chi connectivity index (χ1v) is 14.5. The Morgan fingerprint density at radius 2 is 1.85 bits per heavy atom. The Balaban J connectivity index is 1.89. The van der Waals surface area contributed by atoms with E-state index in [4.69, 9.17) is 18.9 Å². The molecule has 9 nitrogen and oxygen atoms in total. The van der Waals surface area contributed by atoms with Crippen molar-refractivity contribution in [2.45, 2.75) is 33.7 Å². The van der Waals surface area contributed by atoms with Gasteiger partial charge in [0, 0.05) is 6.92 Å². The van der Waals surface area contributed by atoms with Crippen LogP contribution in [0.2, 0.25) is 0 Å². The molecule has 0 spiro atoms. The van der Waals surface area contributed by atoms with Crippen molar-refractivity contribution >= 4 is 45.3 Å². The number of aromatic nitrogens is 1. The Bertz CT molecular complexity index is 1720. The van der Waals surface area contributed by atoms with Crippen LogP contribution >= 0.6 is 27.3 Å². The molecule has 0 radical (unpaired) electrons. The van der Waals surface area contributed by atoms with Gasteiger partial charge in [0.2, 0.25) is 0 Å². The first kappa shape index (κ1) is 30.0. The van der Waals surface area contributed by atoms with Gasteiger partial charge in [-0.05, 0) is 78.2 Å². The lowest BCUT2D eigenvalue weighted by atomic mass is 9.95. The van der Waals surface area contributed by atoms with Gasteiger partial charge in [-0.1, -0.05) is 36.1 Å². The quantitative estimate of drug-likeness (QED) is 0.183. The molecule has 11 heteroatoms. The average Bonchev–Trinajstić information content (AvgIpc) is 3.22. The molecule has 2 heterocycles. The van der Waals surface area contributed by atoms with Gasteiger partial charge in [-0.3, -0.25) is 14.2 Å². The van der Waals surface area contributed by atoms with Gasteiger partial charge in [-0.25, -0.2) is 9.79 Å². The number of halogens is 1. The van der Waals surface area contributed by atoms with Crippen LogP contribution in [0.5, 0.6) is 17.2 Å². The van der Waals surface area contributed by atoms with E-state index in [0.717, 1.165) is 0 Å². The lowest BCUT2D eigenvalue weighted by Gasteiger charge is -2.25. The molecule has 0 saturated carbocycles. The minimum Gasteiger partial charge on any atom is -0.490 e. The fourth-order valence-corrected chi connectivity index (χ4v) is 5.86. The fraction of sp³-hybridized carbons (Fsp3) is 0.267. The highest BCUT2D eigenvalue weighted by Crippen LogP contribution is 2.36. The van der Waals surface area contributed by atoms with Gasteiger partial charge in [0.1, 0.15) is 12.4 Å². The van der Waals surface area contributed by atoms with E-state index in [2.05, 4.69) is 27.5 Å². The summed E-state index contributed by atoms with van der Waals surface area (Å²) < 4.78 is 24.6. The maximum absolute atomic E-state index is 13.9. The molecular formula is C30H29BrN2O7S. The number of carbonyl (C=O) groups is 2. The van der Waals surface area contributed by atoms with E-state index >= 15 is 0 Å². The summed E-state index contributed by atoms with van der Waals surface area (Å²) in [6.07, 6.45) is 3.36. The standard InChI is InChI=1S/C30H29BrN2O7S/c1-6-13-39-23-12-10-20(16-24(23)37-7-2)27-26(29(36)38-8-3)17(4)32-30-33(27)28(35)25(41-30)15-19-9-11-22(21(31)14-19)40-18(5)34/h6,9-12,14-16,27H,1,7-8,13H2,2-5H3/t27-/m0/s1. The number of esters is 2. The van der Waals surface area contributed by atoms with Crippen LogP contribution in [0.25, 0.3) is 6.08 Å². The van der Waals surface area contributed by atoms with Crippen LogP contribution < -0.4 is 29.1 Å². The molecule has 0 N–H and O–H groups in total. The first-order chi connectivity index (χ1) is 19.7. The first-order valence-electron chi connectivity index (χ1n) is 12.9. The summed E-state index contributed by atoms with van der Waals surface area (Å²) in [5.74, 6) is 0.375. The van der Waals surface area contributed by atoms with Crippen LogP contribution in [0.1, 0.15) is 44.9 Å². The van der Waals surface area contributed by atoms with Crippen LogP contribution in [0.3, 0.4) is 0 Å². The van der Waals surface area contributed by atoms with Crippen molar-refractivity contribution < 1.29 is 28.5 Å². The number of allylic oxidation sites excluding steroid dienone is 1. The van der Waals surface area contributed by atoms with E-state index in [1.165, 1.54) is 22.8 Å². The predicted molar refractivity (Wildman–Crippen MR) is 159 cm³/mol. The molecule has 1 aliphatic heterocycles. The zero-order valence-electron chi connectivity index (χ0n) is 23.1. The molecule has 0 bridgehead atoms. The Morgan fingerprint density at radius 3 is 2.51 bits per heavy atom. The lowest BCUT2D eigenvalue weighted by molar-refractivity contribution is -0.139. The number of fused-ring (bicyclic) bond motifs is 1. The molecule has 2 aromatic carbocycles. The maximum atomic E-state index is 13.9. The van der Waals surface area contributed by atoms with Crippen molar-refractivity contribution in [3.63, 3.8) is 0 Å². The highest BCUT2D eigenvalue weighted by atomic mass is 79.9. The van der Waals surface area contributed by atoms with Crippen molar-refractivity contribution in [2.24, 2.45) is 4.99 Å². The third-order valence-electron chi connectivity index (χ3n) is 5.96. The number of benzene rings is 2. The topological polar surface area (TPSA) is 105 Å². The molecule has 0 aliphatic carbocycles. The zero-order chi connectivity index (χ0) is 29.7. The SMILES string of the molecule is C=CCOc1ccc([C@H]2C(C(=O)OCC)=C(C)N=c3sc(=Cc4ccc(OC(C)=O)c(Br)c4)c(=O)n32)cc1OCC. The highest BCUT2D eigenvalue weighted by Gasteiger charge is 2.34. The maximum Gasteiger partial charge on any atom is 0.338 e.